The van der Waals surface area contributed by atoms with E-state index >= 15 is 0 Å². The Balaban J connectivity index is 1.61. The van der Waals surface area contributed by atoms with Gasteiger partial charge in [0, 0.05) is 50.2 Å². The fourth-order valence-electron chi connectivity index (χ4n) is 3.82. The molecule has 2 heterocycles. The van der Waals surface area contributed by atoms with Gasteiger partial charge in [0.2, 0.25) is 5.91 Å². The van der Waals surface area contributed by atoms with Gasteiger partial charge < -0.3 is 29.5 Å². The van der Waals surface area contributed by atoms with Gasteiger partial charge in [0.15, 0.2) is 11.5 Å². The SMILES string of the molecule is COCCOc1cc2ncnc(Nc3ccc(F)c(Cl)c3)c2cc1OC1CCN(C(=O)CO)CC1. The minimum atomic E-state index is -0.509. The number of hydrogen-bond acceptors (Lipinski definition) is 8. The van der Waals surface area contributed by atoms with Crippen molar-refractivity contribution in [3.8, 4) is 11.5 Å². The number of carbonyl (C=O) groups excluding carboxylic acids is 1. The third-order valence-corrected chi connectivity index (χ3v) is 5.94. The van der Waals surface area contributed by atoms with Crippen LogP contribution in [0, 0.1) is 5.82 Å². The number of anilines is 2. The number of ether oxygens (including phenoxy) is 3. The number of nitrogens with zero attached hydrogens (tertiary/aromatic N) is 3. The molecule has 0 bridgehead atoms. The first kappa shape index (κ1) is 24.9. The van der Waals surface area contributed by atoms with Crippen LogP contribution in [0.3, 0.4) is 0 Å². The van der Waals surface area contributed by atoms with E-state index in [1.165, 1.54) is 18.5 Å². The molecule has 2 aromatic carbocycles. The summed E-state index contributed by atoms with van der Waals surface area (Å²) in [4.78, 5) is 22.1. The molecular formula is C24H26ClFN4O5. The fourth-order valence-corrected chi connectivity index (χ4v) is 4.00. The zero-order valence-electron chi connectivity index (χ0n) is 19.2. The molecule has 2 N–H and O–H groups in total. The summed E-state index contributed by atoms with van der Waals surface area (Å²) in [6.45, 7) is 1.23. The number of rotatable bonds is 9. The highest BCUT2D eigenvalue weighted by Gasteiger charge is 2.25. The highest BCUT2D eigenvalue weighted by Crippen LogP contribution is 2.36. The van der Waals surface area contributed by atoms with Crippen molar-refractivity contribution in [2.24, 2.45) is 0 Å². The van der Waals surface area contributed by atoms with Gasteiger partial charge in [-0.15, -0.1) is 0 Å². The molecule has 1 amide bonds. The first-order valence-corrected chi connectivity index (χ1v) is 11.5. The number of aromatic nitrogens is 2. The Morgan fingerprint density at radius 1 is 1.20 bits per heavy atom. The van der Waals surface area contributed by atoms with E-state index in [9.17, 15) is 9.18 Å². The van der Waals surface area contributed by atoms with E-state index in [-0.39, 0.29) is 17.0 Å². The summed E-state index contributed by atoms with van der Waals surface area (Å²) >= 11 is 5.92. The Morgan fingerprint density at radius 3 is 2.71 bits per heavy atom. The Hall–Kier alpha value is -3.21. The Bertz CT molecular complexity index is 1190. The first-order valence-electron chi connectivity index (χ1n) is 11.2. The summed E-state index contributed by atoms with van der Waals surface area (Å²) in [5.74, 6) is 0.722. The van der Waals surface area contributed by atoms with E-state index < -0.39 is 12.4 Å². The van der Waals surface area contributed by atoms with Crippen LogP contribution in [0.1, 0.15) is 12.8 Å². The molecule has 0 radical (unpaired) electrons. The highest BCUT2D eigenvalue weighted by atomic mass is 35.5. The van der Waals surface area contributed by atoms with E-state index in [1.807, 2.05) is 0 Å². The molecule has 1 aliphatic rings. The molecule has 1 aromatic heterocycles. The number of halogens is 2. The van der Waals surface area contributed by atoms with Gasteiger partial charge in [-0.3, -0.25) is 4.79 Å². The van der Waals surface area contributed by atoms with Crippen LogP contribution in [0.15, 0.2) is 36.7 Å². The molecule has 4 rings (SSSR count). The summed E-state index contributed by atoms with van der Waals surface area (Å²) in [5, 5.41) is 12.9. The van der Waals surface area contributed by atoms with E-state index in [0.717, 1.165) is 0 Å². The van der Waals surface area contributed by atoms with Gasteiger partial charge in [-0.25, -0.2) is 14.4 Å². The topological polar surface area (TPSA) is 106 Å². The minimum Gasteiger partial charge on any atom is -0.487 e. The number of hydrogen-bond donors (Lipinski definition) is 2. The molecule has 9 nitrogen and oxygen atoms in total. The number of fused-ring (bicyclic) bond motifs is 1. The smallest absolute Gasteiger partial charge is 0.248 e. The summed E-state index contributed by atoms with van der Waals surface area (Å²) in [7, 11) is 1.59. The lowest BCUT2D eigenvalue weighted by Crippen LogP contribution is -2.42. The maximum atomic E-state index is 13.6. The summed E-state index contributed by atoms with van der Waals surface area (Å²) < 4.78 is 30.9. The lowest BCUT2D eigenvalue weighted by Gasteiger charge is -2.32. The molecule has 35 heavy (non-hydrogen) atoms. The van der Waals surface area contributed by atoms with Crippen LogP contribution in [0.4, 0.5) is 15.9 Å². The number of carbonyl (C=O) groups is 1. The maximum Gasteiger partial charge on any atom is 0.248 e. The summed E-state index contributed by atoms with van der Waals surface area (Å²) in [5.41, 5.74) is 1.19. The zero-order valence-corrected chi connectivity index (χ0v) is 19.9. The van der Waals surface area contributed by atoms with Crippen LogP contribution < -0.4 is 14.8 Å². The number of nitrogens with one attached hydrogen (secondary N) is 1. The van der Waals surface area contributed by atoms with Crippen LogP contribution in [-0.2, 0) is 9.53 Å². The highest BCUT2D eigenvalue weighted by molar-refractivity contribution is 6.31. The Morgan fingerprint density at radius 2 is 2.00 bits per heavy atom. The van der Waals surface area contributed by atoms with Crippen molar-refractivity contribution in [1.82, 2.24) is 14.9 Å². The summed E-state index contributed by atoms with van der Waals surface area (Å²) in [6, 6.07) is 7.89. The monoisotopic (exact) mass is 504 g/mol. The fraction of sp³-hybridized carbons (Fsp3) is 0.375. The molecule has 11 heteroatoms. The van der Waals surface area contributed by atoms with Crippen LogP contribution in [0.5, 0.6) is 11.5 Å². The van der Waals surface area contributed by atoms with Gasteiger partial charge in [-0.1, -0.05) is 11.6 Å². The van der Waals surface area contributed by atoms with Gasteiger partial charge >= 0.3 is 0 Å². The van der Waals surface area contributed by atoms with Crippen molar-refractivity contribution in [3.63, 3.8) is 0 Å². The largest absolute Gasteiger partial charge is 0.487 e. The van der Waals surface area contributed by atoms with Crippen molar-refractivity contribution < 1.29 is 28.5 Å². The van der Waals surface area contributed by atoms with Crippen molar-refractivity contribution >= 4 is 39.9 Å². The molecule has 0 spiro atoms. The second-order valence-electron chi connectivity index (χ2n) is 7.99. The normalized spacial score (nSPS) is 14.2. The number of piperidine rings is 1. The number of benzene rings is 2. The van der Waals surface area contributed by atoms with E-state index in [4.69, 9.17) is 30.9 Å². The predicted octanol–water partition coefficient (Wildman–Crippen LogP) is 3.55. The van der Waals surface area contributed by atoms with Crippen LogP contribution in [-0.4, -0.2) is 72.0 Å². The van der Waals surface area contributed by atoms with Crippen molar-refractivity contribution in [2.75, 3.05) is 45.3 Å². The zero-order chi connectivity index (χ0) is 24.8. The number of amides is 1. The predicted molar refractivity (Wildman–Crippen MR) is 129 cm³/mol. The molecule has 1 fully saturated rings. The number of likely N-dealkylation sites (tertiary alicyclic amines) is 1. The molecule has 1 saturated heterocycles. The van der Waals surface area contributed by atoms with Crippen LogP contribution in [0.25, 0.3) is 10.9 Å². The van der Waals surface area contributed by atoms with Crippen LogP contribution in [0.2, 0.25) is 5.02 Å². The third-order valence-electron chi connectivity index (χ3n) is 5.65. The van der Waals surface area contributed by atoms with Gasteiger partial charge in [0.05, 0.1) is 17.1 Å². The van der Waals surface area contributed by atoms with Gasteiger partial charge in [-0.05, 0) is 24.3 Å². The lowest BCUT2D eigenvalue weighted by molar-refractivity contribution is -0.135. The molecule has 0 saturated carbocycles. The lowest BCUT2D eigenvalue weighted by atomic mass is 10.1. The molecule has 0 aliphatic carbocycles. The number of methoxy groups -OCH3 is 1. The average molecular weight is 505 g/mol. The van der Waals surface area contributed by atoms with E-state index in [0.29, 0.717) is 73.1 Å². The third kappa shape index (κ3) is 6.08. The van der Waals surface area contributed by atoms with Crippen molar-refractivity contribution in [1.29, 1.82) is 0 Å². The van der Waals surface area contributed by atoms with Gasteiger partial charge in [0.25, 0.3) is 0 Å². The van der Waals surface area contributed by atoms with E-state index in [2.05, 4.69) is 15.3 Å². The van der Waals surface area contributed by atoms with Crippen molar-refractivity contribution in [3.05, 3.63) is 47.5 Å². The first-order chi connectivity index (χ1) is 17.0. The molecule has 1 aliphatic heterocycles. The summed E-state index contributed by atoms with van der Waals surface area (Å²) in [6.07, 6.45) is 2.51. The number of aliphatic hydroxyl groups excluding tert-OH is 1. The molecule has 3 aromatic rings. The average Bonchev–Trinajstić information content (AvgIpc) is 2.87. The Kier molecular flexibility index (Phi) is 8.17. The molecule has 0 unspecified atom stereocenters. The second-order valence-corrected chi connectivity index (χ2v) is 8.40. The molecule has 186 valence electrons. The minimum absolute atomic E-state index is 0.00256. The Labute approximate surface area is 206 Å². The van der Waals surface area contributed by atoms with Gasteiger partial charge in [-0.2, -0.15) is 0 Å². The number of aliphatic hydroxyl groups is 1. The van der Waals surface area contributed by atoms with Crippen LogP contribution >= 0.6 is 11.6 Å². The molecule has 0 atom stereocenters. The maximum absolute atomic E-state index is 13.6. The quantitative estimate of drug-likeness (QED) is 0.426. The second kappa shape index (κ2) is 11.5. The standard InChI is InChI=1S/C24H26ClFN4O5/c1-33-8-9-34-21-12-20-17(11-22(21)35-16-4-6-30(7-5-16)23(32)13-31)24(28-14-27-20)29-15-2-3-19(26)18(25)10-15/h2-3,10-12,14,16,31H,4-9,13H2,1H3,(H,27,28,29). The van der Waals surface area contributed by atoms with E-state index in [1.54, 1.807) is 30.2 Å². The van der Waals surface area contributed by atoms with Crippen molar-refractivity contribution in [2.45, 2.75) is 18.9 Å². The van der Waals surface area contributed by atoms with Gasteiger partial charge in [0.1, 0.15) is 37.3 Å². The molecular weight excluding hydrogens is 479 g/mol.